The number of hydrogen-bond acceptors (Lipinski definition) is 5. The molecule has 3 aromatic carbocycles. The lowest BCUT2D eigenvalue weighted by molar-refractivity contribution is 0.466. The summed E-state index contributed by atoms with van der Waals surface area (Å²) in [6.45, 7) is 1.70. The molecule has 0 bridgehead atoms. The fourth-order valence-electron chi connectivity index (χ4n) is 2.99. The zero-order valence-corrected chi connectivity index (χ0v) is 18.7. The topological polar surface area (TPSA) is 68.1 Å². The molecule has 0 saturated heterocycles. The molecule has 0 fully saturated rings. The Morgan fingerprint density at radius 1 is 0.657 bits per heavy atom. The molecule has 0 atom stereocenters. The van der Waals surface area contributed by atoms with Crippen molar-refractivity contribution in [2.45, 2.75) is 6.92 Å². The fourth-order valence-corrected chi connectivity index (χ4v) is 2.99. The number of nitrogens with zero attached hydrogens (tertiary/aromatic N) is 3. The summed E-state index contributed by atoms with van der Waals surface area (Å²) in [5.74, 6) is 19.6. The molecule has 5 heteroatoms. The average molecular weight is 462 g/mol. The van der Waals surface area contributed by atoms with Gasteiger partial charge < -0.3 is 9.84 Å². The van der Waals surface area contributed by atoms with Crippen LogP contribution in [0.1, 0.15) is 14.1 Å². The van der Waals surface area contributed by atoms with Crippen LogP contribution in [0, 0.1) is 47.5 Å². The quantitative estimate of drug-likeness (QED) is 0.368. The second-order valence-electron chi connectivity index (χ2n) is 6.92. The summed E-state index contributed by atoms with van der Waals surface area (Å²) in [6, 6.07) is 24.0. The van der Waals surface area contributed by atoms with Gasteiger partial charge in [-0.1, -0.05) is 66.6 Å². The van der Waals surface area contributed by atoms with Gasteiger partial charge in [-0.3, -0.25) is 0 Å². The summed E-state index contributed by atoms with van der Waals surface area (Å²) in [4.78, 5) is 13.9. The van der Waals surface area contributed by atoms with E-state index in [1.807, 2.05) is 60.7 Å². The van der Waals surface area contributed by atoms with Crippen LogP contribution in [0.25, 0.3) is 34.2 Å². The Morgan fingerprint density at radius 2 is 1.20 bits per heavy atom. The lowest BCUT2D eigenvalue weighted by Crippen LogP contribution is -2.00. The van der Waals surface area contributed by atoms with Crippen LogP contribution in [0.5, 0.6) is 11.5 Å². The molecule has 1 N–H and O–H groups in total. The second-order valence-corrected chi connectivity index (χ2v) is 6.92. The third-order valence-corrected chi connectivity index (χ3v) is 4.57. The number of ether oxygens (including phenoxy) is 1. The minimum Gasteiger partial charge on any atom is -0.507 e. The normalized spacial score (nSPS) is 9.06. The highest BCUT2D eigenvalue weighted by atomic mass is 16.5. The predicted molar refractivity (Wildman–Crippen MR) is 146 cm³/mol. The first kappa shape index (κ1) is 22.7. The molecule has 5 nitrogen and oxygen atoms in total. The molecule has 0 saturated carbocycles. The highest BCUT2D eigenvalue weighted by molar-refractivity contribution is 5.70. The maximum atomic E-state index is 10.7. The van der Waals surface area contributed by atoms with Crippen LogP contribution in [0.2, 0.25) is 0 Å². The van der Waals surface area contributed by atoms with E-state index in [1.54, 1.807) is 19.1 Å². The summed E-state index contributed by atoms with van der Waals surface area (Å²) in [5.41, 5.74) is 2.13. The smallest absolute Gasteiger partial charge is 0.167 e. The van der Waals surface area contributed by atoms with Crippen molar-refractivity contribution < 1.29 is 17.0 Å². The Morgan fingerprint density at radius 3 is 1.77 bits per heavy atom. The molecule has 0 aliphatic carbocycles. The number of rotatable bonds is 4. The fraction of sp³-hybridized carbons (Fsp3) is 0.0333. The summed E-state index contributed by atoms with van der Waals surface area (Å²) >= 11 is 0. The van der Waals surface area contributed by atoms with Crippen molar-refractivity contribution in [1.29, 1.82) is 0 Å². The van der Waals surface area contributed by atoms with Crippen molar-refractivity contribution in [2.24, 2.45) is 0 Å². The Kier molecular flexibility index (Phi) is 7.39. The Balaban J connectivity index is 0. The van der Waals surface area contributed by atoms with Gasteiger partial charge in [-0.15, -0.1) is 0 Å². The van der Waals surface area contributed by atoms with E-state index in [2.05, 4.69) is 62.5 Å². The molecule has 35 heavy (non-hydrogen) atoms. The van der Waals surface area contributed by atoms with Gasteiger partial charge in [0.05, 0.1) is 5.56 Å². The largest absolute Gasteiger partial charge is 0.507 e. The van der Waals surface area contributed by atoms with Gasteiger partial charge in [0.2, 0.25) is 0 Å². The Hall–Kier alpha value is -5.49. The van der Waals surface area contributed by atoms with E-state index in [9.17, 15) is 5.11 Å². The van der Waals surface area contributed by atoms with Crippen molar-refractivity contribution in [3.8, 4) is 93.2 Å². The molecule has 174 valence electrons. The molecule has 0 aliphatic rings. The first-order valence-electron chi connectivity index (χ1n) is 10.5. The lowest BCUT2D eigenvalue weighted by atomic mass is 10.1. The second kappa shape index (κ2) is 11.4. The highest BCUT2D eigenvalue weighted by Gasteiger charge is 2.15. The van der Waals surface area contributed by atoms with Crippen LogP contribution in [0.3, 0.4) is 0 Å². The zero-order valence-electron chi connectivity index (χ0n) is 18.7. The molecule has 0 unspecified atom stereocenters. The summed E-state index contributed by atoms with van der Waals surface area (Å²) < 4.78 is 5.34. The molecule has 1 aromatic heterocycles. The predicted octanol–water partition coefficient (Wildman–Crippen LogP) is 6.18. The van der Waals surface area contributed by atoms with E-state index < -0.39 is 0 Å². The molecule has 4 aromatic rings. The van der Waals surface area contributed by atoms with Gasteiger partial charge in [-0.2, -0.15) is 0 Å². The van der Waals surface area contributed by atoms with Crippen LogP contribution in [0.4, 0.5) is 0 Å². The molecular formula is C30H27N3O2. The monoisotopic (exact) mass is 461 g/mol. The number of benzene rings is 3. The minimum absolute atomic E-state index is 0. The highest BCUT2D eigenvalue weighted by Crippen LogP contribution is 2.32. The summed E-state index contributed by atoms with van der Waals surface area (Å²) in [6.07, 6.45) is 2.46. The Labute approximate surface area is 211 Å². The number of aromatic hydroxyl groups is 1. The van der Waals surface area contributed by atoms with E-state index in [4.69, 9.17) is 4.74 Å². The molecule has 0 spiro atoms. The Bertz CT molecular complexity index is 1560. The van der Waals surface area contributed by atoms with Crippen molar-refractivity contribution in [2.75, 3.05) is 0 Å². The number of hydrogen-bond donors (Lipinski definition) is 1. The van der Waals surface area contributed by atoms with E-state index in [1.165, 1.54) is 6.07 Å². The zero-order chi connectivity index (χ0) is 24.3. The number of phenols is 1. The lowest BCUT2D eigenvalue weighted by Gasteiger charge is -2.09. The van der Waals surface area contributed by atoms with Crippen molar-refractivity contribution in [1.82, 2.24) is 15.0 Å². The van der Waals surface area contributed by atoms with Crippen LogP contribution in [0.15, 0.2) is 78.9 Å². The number of aromatic nitrogens is 3. The molecule has 1 heterocycles. The first-order valence-corrected chi connectivity index (χ1v) is 10.5. The van der Waals surface area contributed by atoms with Crippen LogP contribution in [-0.4, -0.2) is 20.1 Å². The van der Waals surface area contributed by atoms with Gasteiger partial charge in [-0.05, 0) is 36.8 Å². The molecular weight excluding hydrogens is 434 g/mol. The van der Waals surface area contributed by atoms with Gasteiger partial charge in [0, 0.05) is 42.1 Å². The van der Waals surface area contributed by atoms with Gasteiger partial charge in [0.25, 0.3) is 0 Å². The van der Waals surface area contributed by atoms with E-state index >= 15 is 0 Å². The molecule has 4 rings (SSSR count). The van der Waals surface area contributed by atoms with Crippen molar-refractivity contribution in [3.05, 3.63) is 78.9 Å². The van der Waals surface area contributed by atoms with Gasteiger partial charge >= 0.3 is 0 Å². The van der Waals surface area contributed by atoms with E-state index in [-0.39, 0.29) is 12.9 Å². The third-order valence-electron chi connectivity index (χ3n) is 4.57. The average Bonchev–Trinajstić information content (AvgIpc) is 2.91. The van der Waals surface area contributed by atoms with Crippen LogP contribution in [-0.2, 0) is 0 Å². The number of phenolic OH excluding ortho intramolecular Hbond substituents is 1. The molecule has 0 aliphatic heterocycles. The minimum atomic E-state index is -0.0522. The molecule has 0 amide bonds. The summed E-state index contributed by atoms with van der Waals surface area (Å²) in [7, 11) is 0. The summed E-state index contributed by atoms with van der Waals surface area (Å²) in [5, 5.41) is 10.7. The van der Waals surface area contributed by atoms with Gasteiger partial charge in [-0.25, -0.2) is 15.0 Å². The standard InChI is InChI=1S/C30H17N3O2.5H2/c1-2-3-4-5-6-7-14-21-35-25-19-20-26(27(34)22-25)30-32-28(23-15-10-8-11-16-23)31-29(33-30)24-17-12-9-13-18-24;;;;;/h8-13,15-20,22,34H,1H3;5*1H. The SMILES string of the molecule is CC#CC#CC#CC#COc1ccc(-c2nc(-c3ccccc3)nc(-c3ccccc3)n2)c(O)c1.[HH].[HH].[HH].[HH].[HH]. The first-order chi connectivity index (χ1) is 17.2. The maximum absolute atomic E-state index is 10.7. The van der Waals surface area contributed by atoms with Crippen LogP contribution < -0.4 is 4.74 Å². The van der Waals surface area contributed by atoms with Crippen molar-refractivity contribution in [3.63, 3.8) is 0 Å². The van der Waals surface area contributed by atoms with E-state index in [0.29, 0.717) is 28.8 Å². The van der Waals surface area contributed by atoms with Crippen molar-refractivity contribution >= 4 is 0 Å². The van der Waals surface area contributed by atoms with Gasteiger partial charge in [0.1, 0.15) is 17.6 Å². The molecule has 0 radical (unpaired) electrons. The maximum Gasteiger partial charge on any atom is 0.167 e. The van der Waals surface area contributed by atoms with E-state index in [0.717, 1.165) is 11.1 Å². The van der Waals surface area contributed by atoms with Gasteiger partial charge in [0.15, 0.2) is 17.5 Å². The third kappa shape index (κ3) is 6.06. The van der Waals surface area contributed by atoms with Crippen LogP contribution >= 0.6 is 0 Å².